The Hall–Kier alpha value is -1.80. The van der Waals surface area contributed by atoms with Crippen molar-refractivity contribution >= 4 is 29.5 Å². The SMILES string of the molecule is C=CCCCOC(=O)[C@@H]1[C@H]2C(=O)N(CCCCCO)C(C(=O)N(CC=C)CCCCC)C23CC[C@@]1(C)S3. The van der Waals surface area contributed by atoms with Crippen LogP contribution in [0.25, 0.3) is 0 Å². The van der Waals surface area contributed by atoms with Crippen LogP contribution in [0.1, 0.15) is 78.1 Å². The summed E-state index contributed by atoms with van der Waals surface area (Å²) in [5.74, 6) is -1.51. The van der Waals surface area contributed by atoms with Crippen LogP contribution in [-0.2, 0) is 19.1 Å². The molecule has 2 unspecified atom stereocenters. The maximum atomic E-state index is 14.2. The smallest absolute Gasteiger partial charge is 0.311 e. The first kappa shape index (κ1) is 29.8. The molecule has 3 rings (SSSR count). The van der Waals surface area contributed by atoms with Crippen LogP contribution < -0.4 is 0 Å². The number of rotatable bonds is 17. The molecule has 0 saturated carbocycles. The van der Waals surface area contributed by atoms with Gasteiger partial charge in [0.25, 0.3) is 0 Å². The van der Waals surface area contributed by atoms with Crippen molar-refractivity contribution < 1.29 is 24.2 Å². The van der Waals surface area contributed by atoms with Crippen molar-refractivity contribution in [2.45, 2.75) is 93.6 Å². The number of hydrogen-bond donors (Lipinski definition) is 1. The lowest BCUT2D eigenvalue weighted by Crippen LogP contribution is -2.55. The average Bonchev–Trinajstić information content (AvgIpc) is 3.44. The highest BCUT2D eigenvalue weighted by Gasteiger charge is 2.77. The number of carbonyl (C=O) groups excluding carboxylic acids is 3. The fraction of sp³-hybridized carbons (Fsp3) is 0.759. The van der Waals surface area contributed by atoms with Gasteiger partial charge in [0.05, 0.1) is 23.2 Å². The Labute approximate surface area is 227 Å². The molecule has 8 heteroatoms. The van der Waals surface area contributed by atoms with Crippen LogP contribution in [0.5, 0.6) is 0 Å². The quantitative estimate of drug-likeness (QED) is 0.170. The largest absolute Gasteiger partial charge is 0.465 e. The molecule has 0 aliphatic carbocycles. The van der Waals surface area contributed by atoms with E-state index in [9.17, 15) is 19.5 Å². The zero-order valence-corrected chi connectivity index (χ0v) is 23.6. The molecular weight excluding hydrogens is 488 g/mol. The van der Waals surface area contributed by atoms with Crippen molar-refractivity contribution in [2.24, 2.45) is 11.8 Å². The van der Waals surface area contributed by atoms with E-state index in [1.807, 2.05) is 4.90 Å². The number of nitrogens with zero attached hydrogens (tertiary/aromatic N) is 2. The monoisotopic (exact) mass is 534 g/mol. The molecule has 2 bridgehead atoms. The van der Waals surface area contributed by atoms with Crippen molar-refractivity contribution in [1.82, 2.24) is 9.80 Å². The number of amides is 2. The molecule has 37 heavy (non-hydrogen) atoms. The van der Waals surface area contributed by atoms with Crippen LogP contribution >= 0.6 is 11.8 Å². The third-order valence-electron chi connectivity index (χ3n) is 8.31. The number of esters is 1. The van der Waals surface area contributed by atoms with Crippen molar-refractivity contribution in [3.05, 3.63) is 25.3 Å². The number of thioether (sulfide) groups is 1. The third-order valence-corrected chi connectivity index (χ3v) is 10.3. The number of carbonyl (C=O) groups is 3. The molecule has 0 radical (unpaired) electrons. The summed E-state index contributed by atoms with van der Waals surface area (Å²) < 4.78 is 4.66. The minimum atomic E-state index is -0.616. The predicted molar refractivity (Wildman–Crippen MR) is 148 cm³/mol. The molecule has 3 fully saturated rings. The number of aliphatic hydroxyl groups excluding tert-OH is 1. The Balaban J connectivity index is 1.92. The van der Waals surface area contributed by atoms with Crippen LogP contribution in [0.4, 0.5) is 0 Å². The highest BCUT2D eigenvalue weighted by atomic mass is 32.2. The summed E-state index contributed by atoms with van der Waals surface area (Å²) in [6, 6.07) is -0.592. The van der Waals surface area contributed by atoms with Gasteiger partial charge in [0, 0.05) is 31.0 Å². The van der Waals surface area contributed by atoms with E-state index in [0.29, 0.717) is 39.1 Å². The van der Waals surface area contributed by atoms with Gasteiger partial charge in [-0.2, -0.15) is 0 Å². The Kier molecular flexibility index (Phi) is 10.7. The van der Waals surface area contributed by atoms with E-state index in [0.717, 1.165) is 51.4 Å². The molecule has 2 amide bonds. The lowest BCUT2D eigenvalue weighted by Gasteiger charge is -2.37. The van der Waals surface area contributed by atoms with E-state index in [4.69, 9.17) is 4.74 Å². The molecule has 3 aliphatic rings. The standard InChI is InChI=1S/C29H46N2O5S/c1-5-8-11-18-30(17-7-3)26(34)24-29-16-15-28(4,37-29)23(27(35)36-21-14-9-6-2)22(29)25(33)31(24)19-12-10-13-20-32/h6-7,22-24,32H,2-3,5,8-21H2,1,4H3/t22-,23-,24?,28+,29?/m0/s1. The molecule has 0 aromatic heterocycles. The molecule has 5 atom stereocenters. The van der Waals surface area contributed by atoms with Gasteiger partial charge in [-0.15, -0.1) is 24.9 Å². The van der Waals surface area contributed by atoms with Crippen LogP contribution in [-0.4, -0.2) is 81.1 Å². The molecule has 1 spiro atoms. The Morgan fingerprint density at radius 3 is 2.62 bits per heavy atom. The van der Waals surface area contributed by atoms with Gasteiger partial charge in [0.1, 0.15) is 6.04 Å². The first-order valence-corrected chi connectivity index (χ1v) is 14.9. The van der Waals surface area contributed by atoms with Gasteiger partial charge in [-0.3, -0.25) is 14.4 Å². The fourth-order valence-electron chi connectivity index (χ4n) is 6.54. The molecule has 3 saturated heterocycles. The first-order valence-electron chi connectivity index (χ1n) is 14.1. The van der Waals surface area contributed by atoms with Gasteiger partial charge in [-0.05, 0) is 58.3 Å². The molecule has 208 valence electrons. The molecule has 3 heterocycles. The highest BCUT2D eigenvalue weighted by Crippen LogP contribution is 2.71. The number of hydrogen-bond acceptors (Lipinski definition) is 6. The molecular formula is C29H46N2O5S. The van der Waals surface area contributed by atoms with E-state index in [1.165, 1.54) is 0 Å². The minimum absolute atomic E-state index is 0.0224. The zero-order chi connectivity index (χ0) is 27.1. The van der Waals surface area contributed by atoms with Crippen molar-refractivity contribution in [1.29, 1.82) is 0 Å². The average molecular weight is 535 g/mol. The third kappa shape index (κ3) is 5.95. The number of allylic oxidation sites excluding steroid dienone is 1. The topological polar surface area (TPSA) is 87.1 Å². The van der Waals surface area contributed by atoms with Gasteiger partial charge in [0.15, 0.2) is 0 Å². The van der Waals surface area contributed by atoms with Gasteiger partial charge in [0.2, 0.25) is 11.8 Å². The second-order valence-corrected chi connectivity index (χ2v) is 12.8. The van der Waals surface area contributed by atoms with Crippen LogP contribution in [0.3, 0.4) is 0 Å². The Bertz CT molecular complexity index is 850. The van der Waals surface area contributed by atoms with Gasteiger partial charge < -0.3 is 19.6 Å². The molecule has 7 nitrogen and oxygen atoms in total. The summed E-state index contributed by atoms with van der Waals surface area (Å²) in [6.07, 6.45) is 11.7. The lowest BCUT2D eigenvalue weighted by atomic mass is 9.66. The first-order chi connectivity index (χ1) is 17.8. The predicted octanol–water partition coefficient (Wildman–Crippen LogP) is 4.34. The molecule has 1 N–H and O–H groups in total. The van der Waals surface area contributed by atoms with Crippen LogP contribution in [0.15, 0.2) is 25.3 Å². The normalized spacial score (nSPS) is 29.9. The van der Waals surface area contributed by atoms with Crippen LogP contribution in [0, 0.1) is 11.8 Å². The second-order valence-electron chi connectivity index (χ2n) is 10.9. The Morgan fingerprint density at radius 1 is 1.16 bits per heavy atom. The summed E-state index contributed by atoms with van der Waals surface area (Å²) in [6.45, 7) is 13.8. The van der Waals surface area contributed by atoms with Crippen molar-refractivity contribution in [2.75, 3.05) is 32.8 Å². The summed E-state index contributed by atoms with van der Waals surface area (Å²) >= 11 is 1.69. The van der Waals surface area contributed by atoms with E-state index >= 15 is 0 Å². The van der Waals surface area contributed by atoms with Crippen molar-refractivity contribution in [3.63, 3.8) is 0 Å². The maximum absolute atomic E-state index is 14.2. The molecule has 0 aromatic rings. The zero-order valence-electron chi connectivity index (χ0n) is 22.8. The number of ether oxygens (including phenoxy) is 1. The van der Waals surface area contributed by atoms with Crippen molar-refractivity contribution in [3.8, 4) is 0 Å². The van der Waals surface area contributed by atoms with Gasteiger partial charge in [-0.1, -0.05) is 31.9 Å². The highest BCUT2D eigenvalue weighted by molar-refractivity contribution is 8.02. The fourth-order valence-corrected chi connectivity index (χ4v) is 8.88. The summed E-state index contributed by atoms with van der Waals surface area (Å²) in [4.78, 5) is 45.3. The summed E-state index contributed by atoms with van der Waals surface area (Å²) in [5.41, 5.74) is 0. The van der Waals surface area contributed by atoms with E-state index in [-0.39, 0.29) is 24.4 Å². The number of likely N-dealkylation sites (tertiary alicyclic amines) is 1. The number of fused-ring (bicyclic) bond motifs is 1. The maximum Gasteiger partial charge on any atom is 0.311 e. The molecule has 3 aliphatic heterocycles. The summed E-state index contributed by atoms with van der Waals surface area (Å²) in [5, 5.41) is 9.22. The van der Waals surface area contributed by atoms with Gasteiger partial charge >= 0.3 is 5.97 Å². The van der Waals surface area contributed by atoms with Gasteiger partial charge in [-0.25, -0.2) is 0 Å². The Morgan fingerprint density at radius 2 is 1.95 bits per heavy atom. The summed E-state index contributed by atoms with van der Waals surface area (Å²) in [7, 11) is 0. The van der Waals surface area contributed by atoms with E-state index < -0.39 is 27.4 Å². The van der Waals surface area contributed by atoms with Crippen LogP contribution in [0.2, 0.25) is 0 Å². The lowest BCUT2D eigenvalue weighted by molar-refractivity contribution is -0.155. The minimum Gasteiger partial charge on any atom is -0.465 e. The number of aliphatic hydroxyl groups is 1. The second kappa shape index (κ2) is 13.3. The van der Waals surface area contributed by atoms with E-state index in [2.05, 4.69) is 27.0 Å². The molecule has 0 aromatic carbocycles. The number of unbranched alkanes of at least 4 members (excludes halogenated alkanes) is 5. The van der Waals surface area contributed by atoms with E-state index in [1.54, 1.807) is 28.8 Å².